The molecule has 4 nitrogen and oxygen atoms in total. The Morgan fingerprint density at radius 1 is 1.29 bits per heavy atom. The summed E-state index contributed by atoms with van der Waals surface area (Å²) < 4.78 is 10.7. The van der Waals surface area contributed by atoms with Gasteiger partial charge in [0.1, 0.15) is 5.75 Å². The zero-order valence-corrected chi connectivity index (χ0v) is 14.1. The highest BCUT2D eigenvalue weighted by molar-refractivity contribution is 5.39. The summed E-state index contributed by atoms with van der Waals surface area (Å²) in [4.78, 5) is 2.45. The molecule has 24 heavy (non-hydrogen) atoms. The number of furan rings is 1. The molecule has 1 saturated heterocycles. The lowest BCUT2D eigenvalue weighted by Gasteiger charge is -2.42. The topological polar surface area (TPSA) is 45.8 Å². The summed E-state index contributed by atoms with van der Waals surface area (Å²) in [5.74, 6) is 1.60. The average Bonchev–Trinajstić information content (AvgIpc) is 3.25. The van der Waals surface area contributed by atoms with Crippen molar-refractivity contribution in [3.05, 3.63) is 54.0 Å². The Morgan fingerprint density at radius 2 is 2.17 bits per heavy atom. The number of hydrogen-bond acceptors (Lipinski definition) is 4. The van der Waals surface area contributed by atoms with Gasteiger partial charge in [0.15, 0.2) is 0 Å². The molecule has 1 aromatic heterocycles. The molecule has 2 aliphatic rings. The first-order valence-corrected chi connectivity index (χ1v) is 8.80. The molecule has 3 atom stereocenters. The number of ether oxygens (including phenoxy) is 1. The van der Waals surface area contributed by atoms with Gasteiger partial charge in [-0.3, -0.25) is 4.90 Å². The Balaban J connectivity index is 1.60. The van der Waals surface area contributed by atoms with Crippen molar-refractivity contribution >= 4 is 0 Å². The Bertz CT molecular complexity index is 684. The Hall–Kier alpha value is -1.78. The van der Waals surface area contributed by atoms with Crippen molar-refractivity contribution in [3.8, 4) is 5.75 Å². The van der Waals surface area contributed by atoms with Crippen molar-refractivity contribution in [1.82, 2.24) is 4.90 Å². The summed E-state index contributed by atoms with van der Waals surface area (Å²) in [6, 6.07) is 9.97. The van der Waals surface area contributed by atoms with Crippen LogP contribution in [0, 0.1) is 11.8 Å². The van der Waals surface area contributed by atoms with E-state index in [1.54, 1.807) is 13.4 Å². The van der Waals surface area contributed by atoms with E-state index in [0.717, 1.165) is 43.8 Å². The van der Waals surface area contributed by atoms with Crippen LogP contribution in [0.1, 0.15) is 30.4 Å². The van der Waals surface area contributed by atoms with Gasteiger partial charge in [0, 0.05) is 36.7 Å². The van der Waals surface area contributed by atoms with Crippen LogP contribution in [0.4, 0.5) is 0 Å². The van der Waals surface area contributed by atoms with Crippen LogP contribution in [0.2, 0.25) is 0 Å². The average molecular weight is 327 g/mol. The first-order chi connectivity index (χ1) is 11.7. The van der Waals surface area contributed by atoms with E-state index in [1.165, 1.54) is 12.0 Å². The molecular formula is C20H25NO3. The lowest BCUT2D eigenvalue weighted by atomic mass is 9.67. The van der Waals surface area contributed by atoms with Crippen molar-refractivity contribution in [3.63, 3.8) is 0 Å². The highest BCUT2D eigenvalue weighted by Crippen LogP contribution is 2.50. The fraction of sp³-hybridized carbons (Fsp3) is 0.500. The van der Waals surface area contributed by atoms with E-state index in [9.17, 15) is 5.11 Å². The van der Waals surface area contributed by atoms with Gasteiger partial charge in [-0.2, -0.15) is 0 Å². The van der Waals surface area contributed by atoms with Gasteiger partial charge in [-0.15, -0.1) is 0 Å². The van der Waals surface area contributed by atoms with Gasteiger partial charge in [-0.05, 0) is 37.3 Å². The Labute approximate surface area is 143 Å². The van der Waals surface area contributed by atoms with Crippen molar-refractivity contribution in [2.24, 2.45) is 11.8 Å². The van der Waals surface area contributed by atoms with Crippen LogP contribution in [0.15, 0.2) is 47.3 Å². The van der Waals surface area contributed by atoms with Gasteiger partial charge in [-0.25, -0.2) is 0 Å². The van der Waals surface area contributed by atoms with Crippen LogP contribution < -0.4 is 4.74 Å². The van der Waals surface area contributed by atoms with E-state index >= 15 is 0 Å². The molecule has 2 heterocycles. The summed E-state index contributed by atoms with van der Waals surface area (Å²) in [6.45, 7) is 2.86. The molecular weight excluding hydrogens is 302 g/mol. The molecule has 1 aliphatic heterocycles. The second-order valence-corrected chi connectivity index (χ2v) is 7.21. The van der Waals surface area contributed by atoms with Crippen molar-refractivity contribution in [2.45, 2.75) is 31.4 Å². The van der Waals surface area contributed by atoms with Crippen molar-refractivity contribution in [2.75, 3.05) is 20.2 Å². The third-order valence-corrected chi connectivity index (χ3v) is 5.82. The van der Waals surface area contributed by atoms with Crippen LogP contribution in [0.5, 0.6) is 5.75 Å². The first-order valence-electron chi connectivity index (χ1n) is 8.80. The number of nitrogens with zero attached hydrogens (tertiary/aromatic N) is 1. The number of methoxy groups -OCH3 is 1. The number of likely N-dealkylation sites (tertiary alicyclic amines) is 1. The fourth-order valence-electron chi connectivity index (χ4n) is 4.72. The molecule has 2 fully saturated rings. The molecule has 1 aromatic carbocycles. The molecule has 1 N–H and O–H groups in total. The monoisotopic (exact) mass is 327 g/mol. The Kier molecular flexibility index (Phi) is 4.10. The van der Waals surface area contributed by atoms with E-state index in [-0.39, 0.29) is 5.92 Å². The lowest BCUT2D eigenvalue weighted by Crippen LogP contribution is -2.43. The molecule has 1 saturated carbocycles. The second-order valence-electron chi connectivity index (χ2n) is 7.21. The number of para-hydroxylation sites is 1. The normalized spacial score (nSPS) is 30.2. The summed E-state index contributed by atoms with van der Waals surface area (Å²) >= 11 is 0. The molecule has 0 spiro atoms. The first kappa shape index (κ1) is 15.7. The Morgan fingerprint density at radius 3 is 2.96 bits per heavy atom. The van der Waals surface area contributed by atoms with Gasteiger partial charge < -0.3 is 14.3 Å². The molecule has 0 amide bonds. The van der Waals surface area contributed by atoms with Gasteiger partial charge >= 0.3 is 0 Å². The van der Waals surface area contributed by atoms with Gasteiger partial charge in [-0.1, -0.05) is 18.2 Å². The molecule has 2 aromatic rings. The van der Waals surface area contributed by atoms with Crippen LogP contribution >= 0.6 is 0 Å². The molecule has 0 radical (unpaired) electrons. The summed E-state index contributed by atoms with van der Waals surface area (Å²) in [7, 11) is 1.68. The molecule has 4 rings (SSSR count). The predicted octanol–water partition coefficient (Wildman–Crippen LogP) is 3.41. The maximum atomic E-state index is 11.6. The van der Waals surface area contributed by atoms with Gasteiger partial charge in [0.2, 0.25) is 0 Å². The van der Waals surface area contributed by atoms with Crippen LogP contribution in [0.3, 0.4) is 0 Å². The minimum atomic E-state index is -0.791. The maximum Gasteiger partial charge on any atom is 0.124 e. The molecule has 0 bridgehead atoms. The largest absolute Gasteiger partial charge is 0.496 e. The smallest absolute Gasteiger partial charge is 0.124 e. The highest BCUT2D eigenvalue weighted by atomic mass is 16.5. The quantitative estimate of drug-likeness (QED) is 0.935. The fourth-order valence-corrected chi connectivity index (χ4v) is 4.72. The minimum absolute atomic E-state index is 0.259. The second kappa shape index (κ2) is 6.26. The summed E-state index contributed by atoms with van der Waals surface area (Å²) in [5.41, 5.74) is 1.36. The van der Waals surface area contributed by atoms with E-state index < -0.39 is 5.60 Å². The summed E-state index contributed by atoms with van der Waals surface area (Å²) in [6.07, 6.45) is 6.62. The van der Waals surface area contributed by atoms with E-state index in [4.69, 9.17) is 9.15 Å². The molecule has 3 unspecified atom stereocenters. The zero-order chi connectivity index (χ0) is 16.6. The zero-order valence-electron chi connectivity index (χ0n) is 14.1. The minimum Gasteiger partial charge on any atom is -0.496 e. The van der Waals surface area contributed by atoms with Crippen molar-refractivity contribution < 1.29 is 14.3 Å². The highest BCUT2D eigenvalue weighted by Gasteiger charge is 2.50. The van der Waals surface area contributed by atoms with E-state index in [0.29, 0.717) is 5.92 Å². The van der Waals surface area contributed by atoms with Crippen LogP contribution in [-0.4, -0.2) is 30.2 Å². The predicted molar refractivity (Wildman–Crippen MR) is 91.7 cm³/mol. The third kappa shape index (κ3) is 2.64. The van der Waals surface area contributed by atoms with Crippen LogP contribution in [0.25, 0.3) is 0 Å². The number of hydrogen-bond donors (Lipinski definition) is 1. The maximum absolute atomic E-state index is 11.6. The van der Waals surface area contributed by atoms with E-state index in [2.05, 4.69) is 4.90 Å². The van der Waals surface area contributed by atoms with Crippen LogP contribution in [-0.2, 0) is 12.1 Å². The molecule has 128 valence electrons. The number of benzene rings is 1. The molecule has 4 heteroatoms. The van der Waals surface area contributed by atoms with Gasteiger partial charge in [0.25, 0.3) is 0 Å². The standard InChI is InChI=1S/C20H25NO3/c1-23-19-7-3-2-6-17(19)20(22)9-4-5-16-12-21(13-18(16)20)11-15-8-10-24-14-15/h2-3,6-8,10,14,16,18,22H,4-5,9,11-13H2,1H3. The number of rotatable bonds is 4. The van der Waals surface area contributed by atoms with Crippen molar-refractivity contribution in [1.29, 1.82) is 0 Å². The lowest BCUT2D eigenvalue weighted by molar-refractivity contribution is -0.0662. The SMILES string of the molecule is COc1ccccc1C1(O)CCCC2CN(Cc3ccoc3)CC21. The third-order valence-electron chi connectivity index (χ3n) is 5.82. The van der Waals surface area contributed by atoms with E-state index in [1.807, 2.05) is 36.6 Å². The number of aliphatic hydroxyl groups is 1. The number of fused-ring (bicyclic) bond motifs is 1. The van der Waals surface area contributed by atoms with Gasteiger partial charge in [0.05, 0.1) is 25.2 Å². The summed E-state index contributed by atoms with van der Waals surface area (Å²) in [5, 5.41) is 11.6. The molecule has 1 aliphatic carbocycles.